The van der Waals surface area contributed by atoms with Gasteiger partial charge in [0, 0.05) is 39.3 Å². The van der Waals surface area contributed by atoms with Crippen molar-refractivity contribution >= 4 is 27.5 Å². The quantitative estimate of drug-likeness (QED) is 0.648. The maximum absolute atomic E-state index is 12.5. The molecule has 1 aromatic carbocycles. The number of anilines is 1. The third-order valence-electron chi connectivity index (χ3n) is 4.59. The van der Waals surface area contributed by atoms with Crippen LogP contribution in [0.15, 0.2) is 23.1 Å². The highest BCUT2D eigenvalue weighted by atomic mass is 32.2. The number of nitrogens with one attached hydrogen (secondary N) is 1. The van der Waals surface area contributed by atoms with E-state index >= 15 is 0 Å². The first-order valence-corrected chi connectivity index (χ1v) is 10.4. The van der Waals surface area contributed by atoms with E-state index in [1.165, 1.54) is 17.9 Å². The van der Waals surface area contributed by atoms with Crippen molar-refractivity contribution in [1.29, 1.82) is 0 Å². The highest BCUT2D eigenvalue weighted by Crippen LogP contribution is 2.29. The molecule has 0 radical (unpaired) electrons. The fraction of sp³-hybridized carbons (Fsp3) is 0.556. The zero-order valence-corrected chi connectivity index (χ0v) is 17.2. The Bertz CT molecular complexity index is 808. The molecule has 9 heteroatoms. The van der Waals surface area contributed by atoms with E-state index in [-0.39, 0.29) is 29.7 Å². The van der Waals surface area contributed by atoms with Gasteiger partial charge in [-0.2, -0.15) is 0 Å². The van der Waals surface area contributed by atoms with Gasteiger partial charge in [-0.25, -0.2) is 13.1 Å². The van der Waals surface area contributed by atoms with E-state index in [9.17, 15) is 18.0 Å². The van der Waals surface area contributed by atoms with E-state index in [1.807, 2.05) is 19.0 Å². The number of hydrogen-bond donors (Lipinski definition) is 1. The van der Waals surface area contributed by atoms with Crippen LogP contribution in [-0.2, 0) is 26.0 Å². The zero-order chi connectivity index (χ0) is 20.2. The molecule has 8 nitrogen and oxygen atoms in total. The first kappa shape index (κ1) is 21.3. The number of nitrogens with zero attached hydrogens (tertiary/aromatic N) is 3. The van der Waals surface area contributed by atoms with Crippen molar-refractivity contribution in [2.45, 2.75) is 24.7 Å². The van der Waals surface area contributed by atoms with Gasteiger partial charge in [0.1, 0.15) is 0 Å². The van der Waals surface area contributed by atoms with Crippen LogP contribution in [0.3, 0.4) is 0 Å². The van der Waals surface area contributed by atoms with Gasteiger partial charge in [-0.3, -0.25) is 9.59 Å². The van der Waals surface area contributed by atoms with Crippen LogP contribution < -0.4 is 9.62 Å². The Hall–Kier alpha value is -1.97. The summed E-state index contributed by atoms with van der Waals surface area (Å²) in [5.74, 6) is -0.130. The summed E-state index contributed by atoms with van der Waals surface area (Å²) in [5.41, 5.74) is 1.45. The number of likely N-dealkylation sites (N-methyl/N-ethyl adjacent to an activating group) is 1. The second-order valence-electron chi connectivity index (χ2n) is 6.98. The molecule has 0 saturated heterocycles. The van der Waals surface area contributed by atoms with Gasteiger partial charge in [0.2, 0.25) is 21.8 Å². The fourth-order valence-electron chi connectivity index (χ4n) is 3.02. The lowest BCUT2D eigenvalue weighted by Gasteiger charge is -2.22. The van der Waals surface area contributed by atoms with E-state index in [0.717, 1.165) is 18.7 Å². The number of rotatable bonds is 9. The number of sulfonamides is 1. The van der Waals surface area contributed by atoms with Crippen LogP contribution in [0.5, 0.6) is 0 Å². The normalized spacial score (nSPS) is 14.0. The molecule has 27 heavy (non-hydrogen) atoms. The van der Waals surface area contributed by atoms with Gasteiger partial charge in [0.15, 0.2) is 0 Å². The van der Waals surface area contributed by atoms with Gasteiger partial charge in [0.25, 0.3) is 0 Å². The van der Waals surface area contributed by atoms with Crippen LogP contribution in [0.2, 0.25) is 0 Å². The zero-order valence-electron chi connectivity index (χ0n) is 16.4. The molecule has 2 amide bonds. The lowest BCUT2D eigenvalue weighted by molar-refractivity contribution is -0.128. The molecule has 0 fully saturated rings. The Morgan fingerprint density at radius 1 is 1.22 bits per heavy atom. The predicted octanol–water partition coefficient (Wildman–Crippen LogP) is 0.284. The highest BCUT2D eigenvalue weighted by Gasteiger charge is 2.26. The van der Waals surface area contributed by atoms with Crippen molar-refractivity contribution in [2.24, 2.45) is 0 Å². The number of benzene rings is 1. The molecule has 0 unspecified atom stereocenters. The Labute approximate surface area is 161 Å². The SMILES string of the molecule is CC(=O)N(CCCN(C)C)CCNS(=O)(=O)c1ccc2c(c1)CC(=O)N2C. The Morgan fingerprint density at radius 2 is 1.93 bits per heavy atom. The van der Waals surface area contributed by atoms with Crippen molar-refractivity contribution in [3.05, 3.63) is 23.8 Å². The average Bonchev–Trinajstić information content (AvgIpc) is 2.87. The van der Waals surface area contributed by atoms with E-state index in [2.05, 4.69) is 4.72 Å². The summed E-state index contributed by atoms with van der Waals surface area (Å²) in [4.78, 5) is 28.8. The molecular formula is C18H28N4O4S. The summed E-state index contributed by atoms with van der Waals surface area (Å²) >= 11 is 0. The maximum Gasteiger partial charge on any atom is 0.240 e. The maximum atomic E-state index is 12.5. The van der Waals surface area contributed by atoms with E-state index in [0.29, 0.717) is 18.7 Å². The van der Waals surface area contributed by atoms with Gasteiger partial charge >= 0.3 is 0 Å². The van der Waals surface area contributed by atoms with Gasteiger partial charge in [-0.1, -0.05) is 0 Å². The third kappa shape index (κ3) is 5.50. The van der Waals surface area contributed by atoms with Crippen molar-refractivity contribution in [3.8, 4) is 0 Å². The number of hydrogen-bond acceptors (Lipinski definition) is 5. The van der Waals surface area contributed by atoms with Crippen molar-refractivity contribution < 1.29 is 18.0 Å². The second-order valence-corrected chi connectivity index (χ2v) is 8.75. The lowest BCUT2D eigenvalue weighted by Crippen LogP contribution is -2.38. The van der Waals surface area contributed by atoms with Crippen molar-refractivity contribution in [3.63, 3.8) is 0 Å². The smallest absolute Gasteiger partial charge is 0.240 e. The first-order valence-electron chi connectivity index (χ1n) is 8.91. The second kappa shape index (κ2) is 8.81. The molecule has 0 saturated carbocycles. The third-order valence-corrected chi connectivity index (χ3v) is 6.05. The lowest BCUT2D eigenvalue weighted by atomic mass is 10.2. The van der Waals surface area contributed by atoms with Crippen molar-refractivity contribution in [1.82, 2.24) is 14.5 Å². The fourth-order valence-corrected chi connectivity index (χ4v) is 4.09. The largest absolute Gasteiger partial charge is 0.342 e. The molecule has 0 bridgehead atoms. The number of fused-ring (bicyclic) bond motifs is 1. The molecule has 0 aromatic heterocycles. The standard InChI is InChI=1S/C18H28N4O4S/c1-14(23)22(10-5-9-20(2)3)11-8-19-27(25,26)16-6-7-17-15(12-16)13-18(24)21(17)4/h6-7,12,19H,5,8-11,13H2,1-4H3. The minimum Gasteiger partial charge on any atom is -0.342 e. The van der Waals surface area contributed by atoms with Crippen LogP contribution >= 0.6 is 0 Å². The minimum absolute atomic E-state index is 0.0534. The topological polar surface area (TPSA) is 90.0 Å². The summed E-state index contributed by atoms with van der Waals surface area (Å²) in [6, 6.07) is 4.69. The van der Waals surface area contributed by atoms with Crippen LogP contribution in [-0.4, -0.2) is 77.4 Å². The highest BCUT2D eigenvalue weighted by molar-refractivity contribution is 7.89. The minimum atomic E-state index is -3.70. The van der Waals surface area contributed by atoms with Crippen LogP contribution in [0, 0.1) is 0 Å². The van der Waals surface area contributed by atoms with Gasteiger partial charge in [-0.15, -0.1) is 0 Å². The molecule has 150 valence electrons. The molecule has 1 aliphatic rings. The summed E-state index contributed by atoms with van der Waals surface area (Å²) in [7, 11) is 1.91. The molecular weight excluding hydrogens is 368 g/mol. The summed E-state index contributed by atoms with van der Waals surface area (Å²) < 4.78 is 27.6. The Kier molecular flexibility index (Phi) is 6.96. The Balaban J connectivity index is 1.95. The van der Waals surface area contributed by atoms with Gasteiger partial charge in [0.05, 0.1) is 11.3 Å². The molecule has 2 rings (SSSR count). The van der Waals surface area contributed by atoms with Gasteiger partial charge in [-0.05, 0) is 50.8 Å². The molecule has 1 aromatic rings. The summed E-state index contributed by atoms with van der Waals surface area (Å²) in [6.45, 7) is 3.38. The number of carbonyl (C=O) groups is 2. The monoisotopic (exact) mass is 396 g/mol. The molecule has 0 atom stereocenters. The average molecular weight is 397 g/mol. The number of amides is 2. The summed E-state index contributed by atoms with van der Waals surface area (Å²) in [5, 5.41) is 0. The van der Waals surface area contributed by atoms with E-state index < -0.39 is 10.0 Å². The molecule has 0 aliphatic carbocycles. The van der Waals surface area contributed by atoms with E-state index in [4.69, 9.17) is 0 Å². The summed E-state index contributed by atoms with van der Waals surface area (Å²) in [6.07, 6.45) is 1.03. The van der Waals surface area contributed by atoms with Crippen LogP contribution in [0.4, 0.5) is 5.69 Å². The molecule has 1 aliphatic heterocycles. The predicted molar refractivity (Wildman–Crippen MR) is 104 cm³/mol. The van der Waals surface area contributed by atoms with Crippen LogP contribution in [0.25, 0.3) is 0 Å². The van der Waals surface area contributed by atoms with Crippen LogP contribution in [0.1, 0.15) is 18.9 Å². The Morgan fingerprint density at radius 3 is 2.56 bits per heavy atom. The first-order chi connectivity index (χ1) is 12.6. The van der Waals surface area contributed by atoms with Gasteiger partial charge < -0.3 is 14.7 Å². The molecule has 1 N–H and O–H groups in total. The molecule has 0 spiro atoms. The van der Waals surface area contributed by atoms with E-state index in [1.54, 1.807) is 24.1 Å². The van der Waals surface area contributed by atoms with Crippen molar-refractivity contribution in [2.75, 3.05) is 52.2 Å². The molecule has 1 heterocycles. The number of carbonyl (C=O) groups excluding carboxylic acids is 2.